The number of likely N-dealkylation sites (N-methyl/N-ethyl adjacent to an activating group) is 1. The Balaban J connectivity index is 0.00000312. The second-order valence-electron chi connectivity index (χ2n) is 6.53. The van der Waals surface area contributed by atoms with E-state index in [-0.39, 0.29) is 35.8 Å². The maximum atomic E-state index is 11.6. The minimum Gasteiger partial charge on any atom is -0.357 e. The molecule has 0 radical (unpaired) electrons. The summed E-state index contributed by atoms with van der Waals surface area (Å²) in [5.41, 5.74) is 0. The minimum absolute atomic E-state index is 0. The fourth-order valence-electron chi connectivity index (χ4n) is 2.83. The van der Waals surface area contributed by atoms with E-state index in [0.29, 0.717) is 13.1 Å². The van der Waals surface area contributed by atoms with Crippen molar-refractivity contribution in [2.75, 3.05) is 65.4 Å². The number of nitrogens with one attached hydrogen (secondary N) is 3. The van der Waals surface area contributed by atoms with Crippen molar-refractivity contribution in [2.45, 2.75) is 26.7 Å². The molecule has 1 heterocycles. The summed E-state index contributed by atoms with van der Waals surface area (Å²) in [6, 6.07) is 0. The van der Waals surface area contributed by atoms with Gasteiger partial charge in [-0.1, -0.05) is 6.92 Å². The van der Waals surface area contributed by atoms with Gasteiger partial charge in [-0.15, -0.1) is 24.0 Å². The Morgan fingerprint density at radius 3 is 2.24 bits per heavy atom. The Kier molecular flexibility index (Phi) is 11.4. The topological polar surface area (TPSA) is 72.0 Å². The Morgan fingerprint density at radius 2 is 1.64 bits per heavy atom. The molecule has 146 valence electrons. The maximum Gasteiger partial charge on any atom is 0.223 e. The number of hydrogen-bond acceptors (Lipinski definition) is 4. The van der Waals surface area contributed by atoms with E-state index in [1.165, 1.54) is 13.1 Å². The van der Waals surface area contributed by atoms with Crippen LogP contribution in [0.15, 0.2) is 4.99 Å². The summed E-state index contributed by atoms with van der Waals surface area (Å²) in [6.45, 7) is 14.1. The molecule has 0 unspecified atom stereocenters. The van der Waals surface area contributed by atoms with Gasteiger partial charge in [-0.3, -0.25) is 14.7 Å². The monoisotopic (exact) mass is 466 g/mol. The molecule has 0 spiro atoms. The number of guanidine groups is 1. The van der Waals surface area contributed by atoms with E-state index < -0.39 is 0 Å². The first-order chi connectivity index (χ1) is 11.7. The lowest BCUT2D eigenvalue weighted by Crippen LogP contribution is -2.47. The van der Waals surface area contributed by atoms with Crippen molar-refractivity contribution in [1.82, 2.24) is 25.8 Å². The number of halogens is 1. The highest BCUT2D eigenvalue weighted by Gasteiger charge is 2.28. The summed E-state index contributed by atoms with van der Waals surface area (Å²) < 4.78 is 0. The predicted molar refractivity (Wildman–Crippen MR) is 114 cm³/mol. The fourth-order valence-corrected chi connectivity index (χ4v) is 2.83. The highest BCUT2D eigenvalue weighted by molar-refractivity contribution is 14.0. The van der Waals surface area contributed by atoms with Crippen LogP contribution in [-0.4, -0.2) is 87.1 Å². The minimum atomic E-state index is 0. The zero-order valence-corrected chi connectivity index (χ0v) is 18.1. The van der Waals surface area contributed by atoms with Crippen LogP contribution in [0.5, 0.6) is 0 Å². The number of aliphatic imine (C=N–C) groups is 1. The Labute approximate surface area is 169 Å². The zero-order chi connectivity index (χ0) is 17.2. The normalized spacial score (nSPS) is 19.2. The molecule has 2 rings (SSSR count). The van der Waals surface area contributed by atoms with Gasteiger partial charge in [0.2, 0.25) is 5.91 Å². The Bertz CT molecular complexity index is 408. The lowest BCUT2D eigenvalue weighted by molar-refractivity contribution is -0.122. The lowest BCUT2D eigenvalue weighted by atomic mass is 10.3. The summed E-state index contributed by atoms with van der Waals surface area (Å²) in [6.07, 6.45) is 2.10. The van der Waals surface area contributed by atoms with Crippen LogP contribution in [0.3, 0.4) is 0 Å². The van der Waals surface area contributed by atoms with Crippen molar-refractivity contribution in [3.05, 3.63) is 0 Å². The molecule has 2 aliphatic rings. The van der Waals surface area contributed by atoms with Gasteiger partial charge in [-0.2, -0.15) is 0 Å². The molecule has 1 saturated heterocycles. The van der Waals surface area contributed by atoms with Gasteiger partial charge in [0.25, 0.3) is 0 Å². The van der Waals surface area contributed by atoms with Crippen molar-refractivity contribution in [2.24, 2.45) is 10.9 Å². The molecule has 1 aliphatic heterocycles. The second-order valence-corrected chi connectivity index (χ2v) is 6.53. The van der Waals surface area contributed by atoms with Crippen LogP contribution in [0.25, 0.3) is 0 Å². The number of carbonyl (C=O) groups is 1. The first-order valence-corrected chi connectivity index (χ1v) is 9.47. The van der Waals surface area contributed by atoms with Crippen molar-refractivity contribution in [3.63, 3.8) is 0 Å². The highest BCUT2D eigenvalue weighted by atomic mass is 127. The van der Waals surface area contributed by atoms with E-state index in [4.69, 9.17) is 0 Å². The predicted octanol–water partition coefficient (Wildman–Crippen LogP) is 0.323. The fraction of sp³-hybridized carbons (Fsp3) is 0.882. The van der Waals surface area contributed by atoms with Gasteiger partial charge in [-0.25, -0.2) is 0 Å². The van der Waals surface area contributed by atoms with Crippen LogP contribution in [0.1, 0.15) is 26.7 Å². The summed E-state index contributed by atoms with van der Waals surface area (Å²) in [5.74, 6) is 1.32. The largest absolute Gasteiger partial charge is 0.357 e. The van der Waals surface area contributed by atoms with Crippen LogP contribution in [-0.2, 0) is 4.79 Å². The van der Waals surface area contributed by atoms with Crippen LogP contribution < -0.4 is 16.0 Å². The molecule has 0 aromatic heterocycles. The SMILES string of the molecule is CCNC(=NCCN1CCN(CC)CC1)NCCNC(=O)C1CC1.I. The number of nitrogens with zero attached hydrogens (tertiary/aromatic N) is 3. The summed E-state index contributed by atoms with van der Waals surface area (Å²) in [7, 11) is 0. The quantitative estimate of drug-likeness (QED) is 0.198. The van der Waals surface area contributed by atoms with Gasteiger partial charge in [0.1, 0.15) is 0 Å². The smallest absolute Gasteiger partial charge is 0.223 e. The maximum absolute atomic E-state index is 11.6. The van der Waals surface area contributed by atoms with E-state index in [1.807, 2.05) is 0 Å². The molecule has 1 amide bonds. The third kappa shape index (κ3) is 9.05. The van der Waals surface area contributed by atoms with Gasteiger partial charge in [0.05, 0.1) is 6.54 Å². The molecule has 7 nitrogen and oxygen atoms in total. The third-order valence-electron chi connectivity index (χ3n) is 4.61. The molecule has 0 bridgehead atoms. The van der Waals surface area contributed by atoms with Crippen molar-refractivity contribution in [3.8, 4) is 0 Å². The highest BCUT2D eigenvalue weighted by Crippen LogP contribution is 2.28. The molecular formula is C17H35IN6O. The summed E-state index contributed by atoms with van der Waals surface area (Å²) >= 11 is 0. The molecule has 2 fully saturated rings. The van der Waals surface area contributed by atoms with Crippen LogP contribution in [0, 0.1) is 5.92 Å². The van der Waals surface area contributed by atoms with E-state index in [1.54, 1.807) is 0 Å². The molecule has 1 aliphatic carbocycles. The van der Waals surface area contributed by atoms with Gasteiger partial charge < -0.3 is 20.9 Å². The van der Waals surface area contributed by atoms with Crippen LogP contribution in [0.2, 0.25) is 0 Å². The third-order valence-corrected chi connectivity index (χ3v) is 4.61. The molecule has 3 N–H and O–H groups in total. The van der Waals surface area contributed by atoms with Crippen molar-refractivity contribution >= 4 is 35.8 Å². The van der Waals surface area contributed by atoms with Crippen LogP contribution >= 0.6 is 24.0 Å². The molecule has 0 aromatic rings. The number of piperazine rings is 1. The van der Waals surface area contributed by atoms with E-state index in [2.05, 4.69) is 44.6 Å². The number of amides is 1. The first kappa shape index (κ1) is 22.4. The molecule has 1 saturated carbocycles. The average Bonchev–Trinajstić information content (AvgIpc) is 3.44. The molecule has 0 atom stereocenters. The zero-order valence-electron chi connectivity index (χ0n) is 15.7. The number of rotatable bonds is 9. The number of carbonyl (C=O) groups excluding carboxylic acids is 1. The van der Waals surface area contributed by atoms with Gasteiger partial charge in [-0.05, 0) is 26.3 Å². The molecule has 25 heavy (non-hydrogen) atoms. The molecular weight excluding hydrogens is 431 g/mol. The van der Waals surface area contributed by atoms with E-state index in [0.717, 1.165) is 58.1 Å². The first-order valence-electron chi connectivity index (χ1n) is 9.47. The van der Waals surface area contributed by atoms with E-state index >= 15 is 0 Å². The lowest BCUT2D eigenvalue weighted by Gasteiger charge is -2.33. The summed E-state index contributed by atoms with van der Waals surface area (Å²) in [5, 5.41) is 9.51. The molecule has 8 heteroatoms. The Hall–Kier alpha value is -0.610. The van der Waals surface area contributed by atoms with Gasteiger partial charge >= 0.3 is 0 Å². The van der Waals surface area contributed by atoms with Crippen molar-refractivity contribution < 1.29 is 4.79 Å². The van der Waals surface area contributed by atoms with Gasteiger partial charge in [0.15, 0.2) is 5.96 Å². The molecule has 0 aromatic carbocycles. The average molecular weight is 466 g/mol. The van der Waals surface area contributed by atoms with E-state index in [9.17, 15) is 4.79 Å². The van der Waals surface area contributed by atoms with Crippen LogP contribution in [0.4, 0.5) is 0 Å². The Morgan fingerprint density at radius 1 is 1.00 bits per heavy atom. The number of hydrogen-bond donors (Lipinski definition) is 3. The van der Waals surface area contributed by atoms with Gasteiger partial charge in [0, 0.05) is 58.3 Å². The van der Waals surface area contributed by atoms with Crippen molar-refractivity contribution in [1.29, 1.82) is 0 Å². The second kappa shape index (κ2) is 12.7. The summed E-state index contributed by atoms with van der Waals surface area (Å²) in [4.78, 5) is 21.2. The standard InChI is InChI=1S/C17H34N6O.HI/c1-3-18-17(20-8-7-19-16(24)15-5-6-15)21-9-10-23-13-11-22(4-2)12-14-23;/h15H,3-14H2,1-2H3,(H,19,24)(H2,18,20,21);1H.